The summed E-state index contributed by atoms with van der Waals surface area (Å²) in [5.74, 6) is -0.279. The van der Waals surface area contributed by atoms with Crippen LogP contribution in [-0.4, -0.2) is 53.7 Å². The van der Waals surface area contributed by atoms with E-state index in [9.17, 15) is 9.18 Å². The molecule has 2 aliphatic heterocycles. The molecule has 0 aliphatic carbocycles. The monoisotopic (exact) mass is 442 g/mol. The van der Waals surface area contributed by atoms with Gasteiger partial charge in [0.05, 0.1) is 5.56 Å². The molecule has 0 bridgehead atoms. The first-order chi connectivity index (χ1) is 15.0. The Labute approximate surface area is 188 Å². The minimum absolute atomic E-state index is 0.137. The van der Waals surface area contributed by atoms with Crippen molar-refractivity contribution in [3.05, 3.63) is 59.4 Å². The molecule has 1 amide bonds. The Bertz CT molecular complexity index is 905. The Morgan fingerprint density at radius 2 is 1.90 bits per heavy atom. The van der Waals surface area contributed by atoms with E-state index in [0.717, 1.165) is 31.5 Å². The summed E-state index contributed by atoms with van der Waals surface area (Å²) >= 11 is 1.69. The number of amides is 1. The summed E-state index contributed by atoms with van der Waals surface area (Å²) in [4.78, 5) is 18.6. The summed E-state index contributed by atoms with van der Waals surface area (Å²) in [6.07, 6.45) is 6.45. The minimum Gasteiger partial charge on any atom is -0.489 e. The van der Waals surface area contributed by atoms with Crippen LogP contribution in [0.2, 0.25) is 0 Å². The highest BCUT2D eigenvalue weighted by molar-refractivity contribution is 7.98. The lowest BCUT2D eigenvalue weighted by Gasteiger charge is -2.31. The van der Waals surface area contributed by atoms with Gasteiger partial charge in [0, 0.05) is 36.1 Å². The fraction of sp³-hybridized carbons (Fsp3) is 0.480. The molecule has 0 spiro atoms. The number of nitrogens with zero attached hydrogens (tertiary/aromatic N) is 2. The highest BCUT2D eigenvalue weighted by Crippen LogP contribution is 2.27. The molecule has 2 heterocycles. The molecule has 2 aromatic rings. The summed E-state index contributed by atoms with van der Waals surface area (Å²) < 4.78 is 20.6. The molecule has 31 heavy (non-hydrogen) atoms. The van der Waals surface area contributed by atoms with Gasteiger partial charge in [-0.3, -0.25) is 9.69 Å². The van der Waals surface area contributed by atoms with Crippen molar-refractivity contribution in [1.29, 1.82) is 0 Å². The van der Waals surface area contributed by atoms with Gasteiger partial charge >= 0.3 is 0 Å². The zero-order valence-corrected chi connectivity index (χ0v) is 19.2. The third-order valence-corrected chi connectivity index (χ3v) is 7.25. The molecular formula is C25H31FN2O2S. The third-order valence-electron chi connectivity index (χ3n) is 6.51. The number of halogens is 1. The van der Waals surface area contributed by atoms with Gasteiger partial charge in [0.15, 0.2) is 0 Å². The van der Waals surface area contributed by atoms with Gasteiger partial charge in [0.1, 0.15) is 18.2 Å². The molecule has 2 unspecified atom stereocenters. The second-order valence-corrected chi connectivity index (χ2v) is 9.44. The number of thioether (sulfide) groups is 1. The van der Waals surface area contributed by atoms with Crippen LogP contribution in [0.25, 0.3) is 0 Å². The maximum atomic E-state index is 14.8. The highest BCUT2D eigenvalue weighted by Gasteiger charge is 2.33. The zero-order valence-electron chi connectivity index (χ0n) is 18.4. The lowest BCUT2D eigenvalue weighted by Crippen LogP contribution is -2.44. The van der Waals surface area contributed by atoms with Crippen molar-refractivity contribution in [2.45, 2.75) is 56.2 Å². The largest absolute Gasteiger partial charge is 0.489 e. The van der Waals surface area contributed by atoms with Crippen LogP contribution in [0.1, 0.15) is 48.5 Å². The Balaban J connectivity index is 1.38. The van der Waals surface area contributed by atoms with Crippen molar-refractivity contribution in [3.8, 4) is 5.75 Å². The predicted molar refractivity (Wildman–Crippen MR) is 123 cm³/mol. The predicted octanol–water partition coefficient (Wildman–Crippen LogP) is 5.22. The van der Waals surface area contributed by atoms with E-state index in [4.69, 9.17) is 4.74 Å². The summed E-state index contributed by atoms with van der Waals surface area (Å²) in [6.45, 7) is 5.31. The van der Waals surface area contributed by atoms with Crippen LogP contribution in [0.4, 0.5) is 4.39 Å². The van der Waals surface area contributed by atoms with Crippen LogP contribution in [0.15, 0.2) is 47.4 Å². The van der Waals surface area contributed by atoms with Crippen LogP contribution in [0.5, 0.6) is 5.75 Å². The van der Waals surface area contributed by atoms with Crippen molar-refractivity contribution < 1.29 is 13.9 Å². The molecule has 2 atom stereocenters. The first-order valence-corrected chi connectivity index (χ1v) is 12.4. The Hall–Kier alpha value is -2.05. The normalized spacial score (nSPS) is 21.6. The second kappa shape index (κ2) is 10.0. The van der Waals surface area contributed by atoms with E-state index < -0.39 is 5.82 Å². The maximum Gasteiger partial charge on any atom is 0.257 e. The highest BCUT2D eigenvalue weighted by atomic mass is 32.2. The number of carbonyl (C=O) groups excluding carboxylic acids is 1. The van der Waals surface area contributed by atoms with E-state index >= 15 is 0 Å². The first kappa shape index (κ1) is 22.2. The van der Waals surface area contributed by atoms with Crippen molar-refractivity contribution in [2.24, 2.45) is 0 Å². The number of carbonyl (C=O) groups is 1. The fourth-order valence-corrected chi connectivity index (χ4v) is 5.04. The van der Waals surface area contributed by atoms with Crippen molar-refractivity contribution in [1.82, 2.24) is 9.80 Å². The molecule has 6 heteroatoms. The van der Waals surface area contributed by atoms with Crippen LogP contribution < -0.4 is 4.74 Å². The second-order valence-electron chi connectivity index (χ2n) is 8.56. The molecule has 2 saturated heterocycles. The van der Waals surface area contributed by atoms with Gasteiger partial charge in [0.25, 0.3) is 5.91 Å². The lowest BCUT2D eigenvalue weighted by molar-refractivity contribution is 0.0692. The molecule has 166 valence electrons. The molecule has 2 aliphatic rings. The van der Waals surface area contributed by atoms with Crippen molar-refractivity contribution in [2.75, 3.05) is 25.9 Å². The Morgan fingerprint density at radius 3 is 2.58 bits per heavy atom. The number of rotatable bonds is 7. The maximum absolute atomic E-state index is 14.8. The van der Waals surface area contributed by atoms with Gasteiger partial charge < -0.3 is 9.64 Å². The molecule has 2 fully saturated rings. The molecule has 0 saturated carbocycles. The Kier molecular flexibility index (Phi) is 7.18. The van der Waals surface area contributed by atoms with Gasteiger partial charge in [0.2, 0.25) is 0 Å². The summed E-state index contributed by atoms with van der Waals surface area (Å²) in [5, 5.41) is 0. The van der Waals surface area contributed by atoms with E-state index in [1.807, 2.05) is 35.4 Å². The van der Waals surface area contributed by atoms with Gasteiger partial charge in [-0.05, 0) is 75.2 Å². The number of benzene rings is 2. The SMILES string of the molecule is CSc1ccc(COc2ccc(C(=O)N3CCCC3CN3CCCC3C)c(F)c2)cc1. The van der Waals surface area contributed by atoms with E-state index in [-0.39, 0.29) is 17.5 Å². The lowest BCUT2D eigenvalue weighted by atomic mass is 10.1. The quantitative estimate of drug-likeness (QED) is 0.551. The van der Waals surface area contributed by atoms with E-state index in [1.165, 1.54) is 23.8 Å². The molecule has 4 rings (SSSR count). The summed E-state index contributed by atoms with van der Waals surface area (Å²) in [5.41, 5.74) is 1.16. The van der Waals surface area contributed by atoms with Crippen molar-refractivity contribution >= 4 is 17.7 Å². The average Bonchev–Trinajstić information content (AvgIpc) is 3.41. The third kappa shape index (κ3) is 5.24. The number of hydrogen-bond acceptors (Lipinski definition) is 4. The van der Waals surface area contributed by atoms with Crippen LogP contribution >= 0.6 is 11.8 Å². The van der Waals surface area contributed by atoms with Crippen LogP contribution in [0, 0.1) is 5.82 Å². The summed E-state index contributed by atoms with van der Waals surface area (Å²) in [7, 11) is 0. The number of likely N-dealkylation sites (tertiary alicyclic amines) is 2. The number of ether oxygens (including phenoxy) is 1. The van der Waals surface area contributed by atoms with Crippen LogP contribution in [0.3, 0.4) is 0 Å². The zero-order chi connectivity index (χ0) is 21.8. The van der Waals surface area contributed by atoms with Gasteiger partial charge in [-0.25, -0.2) is 4.39 Å². The molecule has 4 nitrogen and oxygen atoms in total. The summed E-state index contributed by atoms with van der Waals surface area (Å²) in [6, 6.07) is 13.4. The minimum atomic E-state index is -0.513. The number of hydrogen-bond donors (Lipinski definition) is 0. The van der Waals surface area contributed by atoms with E-state index in [0.29, 0.717) is 24.9 Å². The average molecular weight is 443 g/mol. The molecular weight excluding hydrogens is 411 g/mol. The standard InChI is InChI=1S/C25H31FN2O2S/c1-18-5-3-13-27(18)16-20-6-4-14-28(20)25(29)23-12-9-21(15-24(23)26)30-17-19-7-10-22(31-2)11-8-19/h7-12,15,18,20H,3-6,13-14,16-17H2,1-2H3. The van der Waals surface area contributed by atoms with E-state index in [2.05, 4.69) is 11.8 Å². The topological polar surface area (TPSA) is 32.8 Å². The van der Waals surface area contributed by atoms with Gasteiger partial charge in [-0.1, -0.05) is 12.1 Å². The fourth-order valence-electron chi connectivity index (χ4n) is 4.63. The van der Waals surface area contributed by atoms with Gasteiger partial charge in [-0.15, -0.1) is 11.8 Å². The Morgan fingerprint density at radius 1 is 1.13 bits per heavy atom. The molecule has 0 radical (unpaired) electrons. The smallest absolute Gasteiger partial charge is 0.257 e. The van der Waals surface area contributed by atoms with E-state index in [1.54, 1.807) is 23.9 Å². The molecule has 0 N–H and O–H groups in total. The van der Waals surface area contributed by atoms with Crippen molar-refractivity contribution in [3.63, 3.8) is 0 Å². The van der Waals surface area contributed by atoms with Crippen LogP contribution in [-0.2, 0) is 6.61 Å². The molecule has 0 aromatic heterocycles. The van der Waals surface area contributed by atoms with Gasteiger partial charge in [-0.2, -0.15) is 0 Å². The molecule has 2 aromatic carbocycles. The first-order valence-electron chi connectivity index (χ1n) is 11.2.